The van der Waals surface area contributed by atoms with Gasteiger partial charge in [0.25, 0.3) is 5.69 Å². The number of urea groups is 1. The van der Waals surface area contributed by atoms with Crippen LogP contribution in [0.5, 0.6) is 0 Å². The van der Waals surface area contributed by atoms with E-state index in [1.165, 1.54) is 12.1 Å². The number of likely N-dealkylation sites (tertiary alicyclic amines) is 1. The van der Waals surface area contributed by atoms with E-state index < -0.39 is 22.6 Å². The standard InChI is InChI=1S/C13H15N3O5/c17-12(18)9-4-5-10(11(8-9)16(20)21)14-13(19)15-6-2-1-3-7-15/h4-5,8H,1-3,6-7H2,(H,14,19)(H,17,18). The second kappa shape index (κ2) is 6.21. The molecule has 2 amide bonds. The summed E-state index contributed by atoms with van der Waals surface area (Å²) in [6.45, 7) is 1.24. The van der Waals surface area contributed by atoms with E-state index >= 15 is 0 Å². The predicted molar refractivity (Wildman–Crippen MR) is 74.5 cm³/mol. The van der Waals surface area contributed by atoms with Crippen LogP contribution < -0.4 is 5.32 Å². The lowest BCUT2D eigenvalue weighted by Gasteiger charge is -2.26. The van der Waals surface area contributed by atoms with E-state index in [0.29, 0.717) is 13.1 Å². The van der Waals surface area contributed by atoms with Crippen LogP contribution in [0.2, 0.25) is 0 Å². The topological polar surface area (TPSA) is 113 Å². The number of carboxylic acids is 1. The van der Waals surface area contributed by atoms with Crippen LogP contribution in [0.15, 0.2) is 18.2 Å². The number of carboxylic acid groups (broad SMARTS) is 1. The molecule has 1 aliphatic rings. The van der Waals surface area contributed by atoms with Gasteiger partial charge in [-0.1, -0.05) is 0 Å². The van der Waals surface area contributed by atoms with Crippen molar-refractivity contribution in [1.82, 2.24) is 4.90 Å². The van der Waals surface area contributed by atoms with Crippen LogP contribution in [-0.4, -0.2) is 40.0 Å². The van der Waals surface area contributed by atoms with E-state index in [2.05, 4.69) is 5.32 Å². The number of nitro benzene ring substituents is 1. The molecule has 2 rings (SSSR count). The monoisotopic (exact) mass is 293 g/mol. The quantitative estimate of drug-likeness (QED) is 0.655. The average molecular weight is 293 g/mol. The third-order valence-electron chi connectivity index (χ3n) is 3.33. The number of benzene rings is 1. The lowest BCUT2D eigenvalue weighted by molar-refractivity contribution is -0.383. The highest BCUT2D eigenvalue weighted by molar-refractivity contribution is 5.94. The molecule has 1 fully saturated rings. The van der Waals surface area contributed by atoms with Crippen molar-refractivity contribution in [3.63, 3.8) is 0 Å². The van der Waals surface area contributed by atoms with E-state index in [0.717, 1.165) is 25.3 Å². The molecule has 1 heterocycles. The summed E-state index contributed by atoms with van der Waals surface area (Å²) in [4.78, 5) is 34.8. The lowest BCUT2D eigenvalue weighted by atomic mass is 10.1. The summed E-state index contributed by atoms with van der Waals surface area (Å²) < 4.78 is 0. The molecule has 0 unspecified atom stereocenters. The zero-order valence-corrected chi connectivity index (χ0v) is 11.2. The van der Waals surface area contributed by atoms with Crippen molar-refractivity contribution in [2.75, 3.05) is 18.4 Å². The molecule has 1 aliphatic heterocycles. The van der Waals surface area contributed by atoms with Crippen molar-refractivity contribution in [2.24, 2.45) is 0 Å². The molecule has 2 N–H and O–H groups in total. The van der Waals surface area contributed by atoms with Crippen molar-refractivity contribution in [1.29, 1.82) is 0 Å². The normalized spacial score (nSPS) is 14.6. The van der Waals surface area contributed by atoms with Crippen LogP contribution in [0.4, 0.5) is 16.2 Å². The molecule has 112 valence electrons. The number of anilines is 1. The molecular formula is C13H15N3O5. The number of rotatable bonds is 3. The smallest absolute Gasteiger partial charge is 0.335 e. The number of nitrogens with zero attached hydrogens (tertiary/aromatic N) is 2. The van der Waals surface area contributed by atoms with Gasteiger partial charge in [-0.2, -0.15) is 0 Å². The maximum absolute atomic E-state index is 12.0. The Morgan fingerprint density at radius 1 is 1.24 bits per heavy atom. The average Bonchev–Trinajstić information content (AvgIpc) is 2.48. The van der Waals surface area contributed by atoms with Crippen LogP contribution >= 0.6 is 0 Å². The minimum absolute atomic E-state index is 0.000531. The highest BCUT2D eigenvalue weighted by atomic mass is 16.6. The molecule has 8 heteroatoms. The number of amides is 2. The van der Waals surface area contributed by atoms with Crippen LogP contribution in [0.3, 0.4) is 0 Å². The first kappa shape index (κ1) is 14.8. The zero-order valence-electron chi connectivity index (χ0n) is 11.2. The summed E-state index contributed by atoms with van der Waals surface area (Å²) in [7, 11) is 0. The number of nitrogens with one attached hydrogen (secondary N) is 1. The van der Waals surface area contributed by atoms with Crippen molar-refractivity contribution in [2.45, 2.75) is 19.3 Å². The van der Waals surface area contributed by atoms with Crippen LogP contribution in [-0.2, 0) is 0 Å². The van der Waals surface area contributed by atoms with E-state index in [9.17, 15) is 19.7 Å². The lowest BCUT2D eigenvalue weighted by Crippen LogP contribution is -2.38. The molecule has 0 atom stereocenters. The Morgan fingerprint density at radius 2 is 1.90 bits per heavy atom. The van der Waals surface area contributed by atoms with Gasteiger partial charge in [-0.15, -0.1) is 0 Å². The minimum Gasteiger partial charge on any atom is -0.478 e. The van der Waals surface area contributed by atoms with Crippen molar-refractivity contribution < 1.29 is 19.6 Å². The van der Waals surface area contributed by atoms with E-state index in [1.54, 1.807) is 4.90 Å². The highest BCUT2D eigenvalue weighted by Gasteiger charge is 2.22. The van der Waals surface area contributed by atoms with Gasteiger partial charge in [0.2, 0.25) is 0 Å². The fourth-order valence-corrected chi connectivity index (χ4v) is 2.21. The summed E-state index contributed by atoms with van der Waals surface area (Å²) in [6.07, 6.45) is 2.89. The molecule has 21 heavy (non-hydrogen) atoms. The number of carbonyl (C=O) groups is 2. The van der Waals surface area contributed by atoms with Gasteiger partial charge in [0.05, 0.1) is 10.5 Å². The first-order valence-corrected chi connectivity index (χ1v) is 6.56. The van der Waals surface area contributed by atoms with Crippen LogP contribution in [0.1, 0.15) is 29.6 Å². The Morgan fingerprint density at radius 3 is 2.48 bits per heavy atom. The number of nitro groups is 1. The van der Waals surface area contributed by atoms with Crippen molar-refractivity contribution in [3.8, 4) is 0 Å². The molecule has 0 aromatic heterocycles. The van der Waals surface area contributed by atoms with Crippen molar-refractivity contribution >= 4 is 23.4 Å². The van der Waals surface area contributed by atoms with E-state index in [1.807, 2.05) is 0 Å². The Bertz CT molecular complexity index is 581. The van der Waals surface area contributed by atoms with Crippen molar-refractivity contribution in [3.05, 3.63) is 33.9 Å². The van der Waals surface area contributed by atoms with Gasteiger partial charge >= 0.3 is 12.0 Å². The molecule has 1 aromatic carbocycles. The third-order valence-corrected chi connectivity index (χ3v) is 3.33. The molecule has 1 aromatic rings. The Hall–Kier alpha value is -2.64. The van der Waals surface area contributed by atoms with Crippen LogP contribution in [0.25, 0.3) is 0 Å². The third kappa shape index (κ3) is 3.47. The van der Waals surface area contributed by atoms with E-state index in [4.69, 9.17) is 5.11 Å². The number of aromatic carboxylic acids is 1. The first-order chi connectivity index (χ1) is 9.99. The first-order valence-electron chi connectivity index (χ1n) is 6.56. The van der Waals surface area contributed by atoms with Crippen LogP contribution in [0, 0.1) is 10.1 Å². The molecule has 0 spiro atoms. The Kier molecular flexibility index (Phi) is 4.36. The molecule has 0 aliphatic carbocycles. The minimum atomic E-state index is -1.26. The van der Waals surface area contributed by atoms with E-state index in [-0.39, 0.29) is 11.3 Å². The molecule has 0 radical (unpaired) electrons. The molecular weight excluding hydrogens is 278 g/mol. The summed E-state index contributed by atoms with van der Waals surface area (Å²) in [5.41, 5.74) is -0.626. The summed E-state index contributed by atoms with van der Waals surface area (Å²) in [5, 5.41) is 22.3. The summed E-state index contributed by atoms with van der Waals surface area (Å²) in [5.74, 6) is -1.26. The zero-order chi connectivity index (χ0) is 15.4. The summed E-state index contributed by atoms with van der Waals surface area (Å²) >= 11 is 0. The van der Waals surface area contributed by atoms with Gasteiger partial charge in [0, 0.05) is 19.2 Å². The maximum Gasteiger partial charge on any atom is 0.335 e. The Labute approximate surface area is 120 Å². The summed E-state index contributed by atoms with van der Waals surface area (Å²) in [6, 6.07) is 3.00. The Balaban J connectivity index is 2.20. The SMILES string of the molecule is O=C(O)c1ccc(NC(=O)N2CCCCC2)c([N+](=O)[O-])c1. The highest BCUT2D eigenvalue weighted by Crippen LogP contribution is 2.26. The predicted octanol–water partition coefficient (Wildman–Crippen LogP) is 2.31. The fourth-order valence-electron chi connectivity index (χ4n) is 2.21. The molecule has 0 saturated carbocycles. The largest absolute Gasteiger partial charge is 0.478 e. The molecule has 8 nitrogen and oxygen atoms in total. The van der Waals surface area contributed by atoms with Gasteiger partial charge in [-0.05, 0) is 31.4 Å². The second-order valence-corrected chi connectivity index (χ2v) is 4.77. The van der Waals surface area contributed by atoms with Gasteiger partial charge in [-0.3, -0.25) is 10.1 Å². The number of carbonyl (C=O) groups excluding carboxylic acids is 1. The van der Waals surface area contributed by atoms with Gasteiger partial charge in [0.1, 0.15) is 5.69 Å². The fraction of sp³-hybridized carbons (Fsp3) is 0.385. The molecule has 1 saturated heterocycles. The number of hydrogen-bond acceptors (Lipinski definition) is 4. The van der Waals surface area contributed by atoms with Gasteiger partial charge in [0.15, 0.2) is 0 Å². The van der Waals surface area contributed by atoms with Gasteiger partial charge < -0.3 is 15.3 Å². The number of hydrogen-bond donors (Lipinski definition) is 2. The number of piperidine rings is 1. The maximum atomic E-state index is 12.0. The second-order valence-electron chi connectivity index (χ2n) is 4.77. The van der Waals surface area contributed by atoms with Gasteiger partial charge in [-0.25, -0.2) is 9.59 Å². The molecule has 0 bridgehead atoms.